The fourth-order valence-corrected chi connectivity index (χ4v) is 4.22. The second-order valence-electron chi connectivity index (χ2n) is 7.53. The summed E-state index contributed by atoms with van der Waals surface area (Å²) in [7, 11) is 0. The summed E-state index contributed by atoms with van der Waals surface area (Å²) in [6.07, 6.45) is 4.43. The monoisotopic (exact) mass is 408 g/mol. The largest absolute Gasteiger partial charge is 0.480 e. The first kappa shape index (κ1) is 18.2. The van der Waals surface area contributed by atoms with Gasteiger partial charge in [-0.25, -0.2) is 0 Å². The van der Waals surface area contributed by atoms with Crippen molar-refractivity contribution in [3.8, 4) is 17.1 Å². The molecule has 2 aliphatic heterocycles. The van der Waals surface area contributed by atoms with Gasteiger partial charge in [0, 0.05) is 35.7 Å². The Bertz CT molecular complexity index is 1080. The van der Waals surface area contributed by atoms with Crippen LogP contribution >= 0.6 is 11.6 Å². The number of nitrogens with zero attached hydrogens (tertiary/aromatic N) is 3. The summed E-state index contributed by atoms with van der Waals surface area (Å²) in [5, 5.41) is 12.4. The molecule has 0 saturated carbocycles. The third-order valence-corrected chi connectivity index (χ3v) is 5.72. The first-order valence-corrected chi connectivity index (χ1v) is 10.3. The summed E-state index contributed by atoms with van der Waals surface area (Å²) in [4.78, 5) is 12.7. The van der Waals surface area contributed by atoms with Crippen LogP contribution in [0, 0.1) is 0 Å². The van der Waals surface area contributed by atoms with E-state index in [0.29, 0.717) is 11.4 Å². The molecule has 0 spiro atoms. The van der Waals surface area contributed by atoms with E-state index < -0.39 is 6.10 Å². The predicted molar refractivity (Wildman–Crippen MR) is 111 cm³/mol. The maximum atomic E-state index is 12.7. The number of rotatable bonds is 3. The summed E-state index contributed by atoms with van der Waals surface area (Å²) in [6, 6.07) is 13.2. The van der Waals surface area contributed by atoms with Gasteiger partial charge in [0.2, 0.25) is 0 Å². The Morgan fingerprint density at radius 1 is 1.14 bits per heavy atom. The van der Waals surface area contributed by atoms with Crippen molar-refractivity contribution in [2.45, 2.75) is 44.8 Å². The lowest BCUT2D eigenvalue weighted by molar-refractivity contribution is -0.122. The number of anilines is 1. The van der Waals surface area contributed by atoms with Crippen LogP contribution in [0.1, 0.15) is 30.7 Å². The third kappa shape index (κ3) is 3.60. The molecule has 5 rings (SSSR count). The molecule has 2 aromatic carbocycles. The minimum atomic E-state index is -0.559. The number of aromatic nitrogens is 3. The van der Waals surface area contributed by atoms with Gasteiger partial charge < -0.3 is 14.6 Å². The Labute approximate surface area is 173 Å². The van der Waals surface area contributed by atoms with E-state index >= 15 is 0 Å². The van der Waals surface area contributed by atoms with Gasteiger partial charge in [0.15, 0.2) is 11.9 Å². The number of halogens is 1. The van der Waals surface area contributed by atoms with Gasteiger partial charge in [0.25, 0.3) is 5.91 Å². The van der Waals surface area contributed by atoms with Crippen LogP contribution in [0.5, 0.6) is 5.75 Å². The Kier molecular flexibility index (Phi) is 4.72. The van der Waals surface area contributed by atoms with Crippen molar-refractivity contribution in [2.24, 2.45) is 0 Å². The molecule has 2 aliphatic rings. The number of aryl methyl sites for hydroxylation is 1. The van der Waals surface area contributed by atoms with Gasteiger partial charge in [-0.1, -0.05) is 30.2 Å². The van der Waals surface area contributed by atoms with E-state index in [1.54, 1.807) is 6.07 Å². The molecule has 1 unspecified atom stereocenters. The number of ether oxygens (including phenoxy) is 1. The predicted octanol–water partition coefficient (Wildman–Crippen LogP) is 4.27. The molecule has 1 aromatic heterocycles. The van der Waals surface area contributed by atoms with E-state index in [9.17, 15) is 4.79 Å². The molecule has 1 N–H and O–H groups in total. The van der Waals surface area contributed by atoms with Crippen LogP contribution in [0.15, 0.2) is 42.5 Å². The zero-order valence-electron chi connectivity index (χ0n) is 15.9. The molecule has 6 nitrogen and oxygen atoms in total. The van der Waals surface area contributed by atoms with Gasteiger partial charge in [-0.3, -0.25) is 4.79 Å². The standard InChI is InChI=1S/C22H21ClN4O2/c23-16-8-9-18-15(11-16)13-19(29-18)22(28)24-17-6-4-5-14(12-17)21-26-25-20-7-2-1-3-10-27(20)21/h4-6,8-9,11-12,19H,1-3,7,10,13H2,(H,24,28). The molecular weight excluding hydrogens is 388 g/mol. The highest BCUT2D eigenvalue weighted by atomic mass is 35.5. The molecule has 0 aliphatic carbocycles. The molecule has 7 heteroatoms. The summed E-state index contributed by atoms with van der Waals surface area (Å²) in [6.45, 7) is 0.936. The first-order valence-electron chi connectivity index (χ1n) is 9.96. The van der Waals surface area contributed by atoms with Crippen molar-refractivity contribution in [3.05, 3.63) is 58.9 Å². The quantitative estimate of drug-likeness (QED) is 0.702. The Balaban J connectivity index is 1.33. The van der Waals surface area contributed by atoms with Crippen molar-refractivity contribution in [1.82, 2.24) is 14.8 Å². The number of nitrogens with one attached hydrogen (secondary N) is 1. The van der Waals surface area contributed by atoms with Gasteiger partial charge in [-0.05, 0) is 48.7 Å². The van der Waals surface area contributed by atoms with Gasteiger partial charge in [-0.2, -0.15) is 0 Å². The molecule has 148 valence electrons. The lowest BCUT2D eigenvalue weighted by Crippen LogP contribution is -2.31. The van der Waals surface area contributed by atoms with E-state index in [4.69, 9.17) is 16.3 Å². The van der Waals surface area contributed by atoms with E-state index in [-0.39, 0.29) is 5.91 Å². The minimum absolute atomic E-state index is 0.172. The molecule has 0 fully saturated rings. The van der Waals surface area contributed by atoms with Crippen LogP contribution in [0.3, 0.4) is 0 Å². The number of hydrogen-bond donors (Lipinski definition) is 1. The molecule has 3 heterocycles. The third-order valence-electron chi connectivity index (χ3n) is 5.49. The minimum Gasteiger partial charge on any atom is -0.480 e. The summed E-state index contributed by atoms with van der Waals surface area (Å²) in [5.41, 5.74) is 2.62. The van der Waals surface area contributed by atoms with Crippen molar-refractivity contribution < 1.29 is 9.53 Å². The Morgan fingerprint density at radius 2 is 2.07 bits per heavy atom. The summed E-state index contributed by atoms with van der Waals surface area (Å²) >= 11 is 6.04. The zero-order valence-corrected chi connectivity index (χ0v) is 16.7. The summed E-state index contributed by atoms with van der Waals surface area (Å²) in [5.74, 6) is 2.45. The number of fused-ring (bicyclic) bond motifs is 2. The lowest BCUT2D eigenvalue weighted by Gasteiger charge is -2.12. The zero-order chi connectivity index (χ0) is 19.8. The van der Waals surface area contributed by atoms with Gasteiger partial charge in [-0.15, -0.1) is 10.2 Å². The average Bonchev–Trinajstić information content (AvgIpc) is 3.25. The molecule has 0 saturated heterocycles. The van der Waals surface area contributed by atoms with E-state index in [1.807, 2.05) is 36.4 Å². The van der Waals surface area contributed by atoms with Crippen LogP contribution < -0.4 is 10.1 Å². The molecular formula is C22H21ClN4O2. The van der Waals surface area contributed by atoms with Crippen LogP contribution in [-0.2, 0) is 24.2 Å². The van der Waals surface area contributed by atoms with Gasteiger partial charge in [0.1, 0.15) is 11.6 Å². The number of carbonyl (C=O) groups is 1. The highest BCUT2D eigenvalue weighted by molar-refractivity contribution is 6.30. The van der Waals surface area contributed by atoms with E-state index in [2.05, 4.69) is 20.1 Å². The van der Waals surface area contributed by atoms with Crippen LogP contribution in [-0.4, -0.2) is 26.8 Å². The molecule has 1 atom stereocenters. The number of benzene rings is 2. The summed E-state index contributed by atoms with van der Waals surface area (Å²) < 4.78 is 7.99. The number of amides is 1. The van der Waals surface area contributed by atoms with Crippen molar-refractivity contribution in [3.63, 3.8) is 0 Å². The highest BCUT2D eigenvalue weighted by Gasteiger charge is 2.29. The number of carbonyl (C=O) groups excluding carboxylic acids is 1. The van der Waals surface area contributed by atoms with E-state index in [0.717, 1.165) is 60.0 Å². The highest BCUT2D eigenvalue weighted by Crippen LogP contribution is 2.32. The average molecular weight is 409 g/mol. The maximum absolute atomic E-state index is 12.7. The normalized spacial score (nSPS) is 17.8. The Morgan fingerprint density at radius 3 is 3.00 bits per heavy atom. The molecule has 0 bridgehead atoms. The van der Waals surface area contributed by atoms with Crippen LogP contribution in [0.2, 0.25) is 5.02 Å². The van der Waals surface area contributed by atoms with E-state index in [1.165, 1.54) is 6.42 Å². The number of hydrogen-bond acceptors (Lipinski definition) is 4. The smallest absolute Gasteiger partial charge is 0.265 e. The van der Waals surface area contributed by atoms with Crippen LogP contribution in [0.25, 0.3) is 11.4 Å². The molecule has 29 heavy (non-hydrogen) atoms. The van der Waals surface area contributed by atoms with Crippen molar-refractivity contribution in [2.75, 3.05) is 5.32 Å². The first-order chi connectivity index (χ1) is 14.2. The fourth-order valence-electron chi connectivity index (χ4n) is 4.02. The lowest BCUT2D eigenvalue weighted by atomic mass is 10.1. The van der Waals surface area contributed by atoms with Crippen molar-refractivity contribution in [1.29, 1.82) is 0 Å². The molecule has 1 amide bonds. The topological polar surface area (TPSA) is 69.0 Å². The Hall–Kier alpha value is -2.86. The molecule has 0 radical (unpaired) electrons. The van der Waals surface area contributed by atoms with Crippen LogP contribution in [0.4, 0.5) is 5.69 Å². The second kappa shape index (κ2) is 7.52. The maximum Gasteiger partial charge on any atom is 0.265 e. The van der Waals surface area contributed by atoms with Crippen molar-refractivity contribution >= 4 is 23.2 Å². The van der Waals surface area contributed by atoms with Gasteiger partial charge in [0.05, 0.1) is 0 Å². The second-order valence-corrected chi connectivity index (χ2v) is 7.97. The van der Waals surface area contributed by atoms with Gasteiger partial charge >= 0.3 is 0 Å². The molecule has 3 aromatic rings. The SMILES string of the molecule is O=C(Nc1cccc(-c2nnc3n2CCCCC3)c1)C1Cc2cc(Cl)ccc2O1. The fraction of sp³-hybridized carbons (Fsp3) is 0.318.